The first-order chi connectivity index (χ1) is 6.58. The second-order valence-corrected chi connectivity index (χ2v) is 2.84. The van der Waals surface area contributed by atoms with Crippen LogP contribution in [0, 0.1) is 0 Å². The SMILES string of the molecule is OC1OC2OC(O)C(O)OC2OC1O. The Labute approximate surface area is 78.2 Å². The molecule has 0 amide bonds. The maximum Gasteiger partial charge on any atom is 0.215 e. The maximum absolute atomic E-state index is 8.99. The van der Waals surface area contributed by atoms with Crippen molar-refractivity contribution in [2.24, 2.45) is 0 Å². The van der Waals surface area contributed by atoms with Gasteiger partial charge >= 0.3 is 0 Å². The summed E-state index contributed by atoms with van der Waals surface area (Å²) in [6, 6.07) is 0. The summed E-state index contributed by atoms with van der Waals surface area (Å²) >= 11 is 0. The van der Waals surface area contributed by atoms with Crippen LogP contribution >= 0.6 is 0 Å². The van der Waals surface area contributed by atoms with Gasteiger partial charge in [-0.05, 0) is 0 Å². The third kappa shape index (κ3) is 1.74. The summed E-state index contributed by atoms with van der Waals surface area (Å²) < 4.78 is 18.7. The van der Waals surface area contributed by atoms with E-state index in [2.05, 4.69) is 18.9 Å². The summed E-state index contributed by atoms with van der Waals surface area (Å²) in [7, 11) is 0. The van der Waals surface area contributed by atoms with Gasteiger partial charge in [-0.1, -0.05) is 0 Å². The highest BCUT2D eigenvalue weighted by molar-refractivity contribution is 4.68. The fourth-order valence-electron chi connectivity index (χ4n) is 1.14. The molecule has 82 valence electrons. The fourth-order valence-corrected chi connectivity index (χ4v) is 1.14. The molecule has 0 aromatic rings. The minimum Gasteiger partial charge on any atom is -0.364 e. The van der Waals surface area contributed by atoms with Crippen molar-refractivity contribution in [1.29, 1.82) is 0 Å². The van der Waals surface area contributed by atoms with Crippen LogP contribution in [0.2, 0.25) is 0 Å². The average molecular weight is 210 g/mol. The van der Waals surface area contributed by atoms with Crippen LogP contribution in [0.15, 0.2) is 0 Å². The van der Waals surface area contributed by atoms with Crippen LogP contribution in [0.4, 0.5) is 0 Å². The van der Waals surface area contributed by atoms with E-state index in [-0.39, 0.29) is 0 Å². The van der Waals surface area contributed by atoms with E-state index in [1.165, 1.54) is 0 Å². The van der Waals surface area contributed by atoms with Gasteiger partial charge in [0.25, 0.3) is 0 Å². The molecule has 8 nitrogen and oxygen atoms in total. The molecule has 2 aliphatic heterocycles. The van der Waals surface area contributed by atoms with Crippen LogP contribution in [-0.4, -0.2) is 58.2 Å². The molecule has 2 aliphatic rings. The lowest BCUT2D eigenvalue weighted by Gasteiger charge is -2.42. The van der Waals surface area contributed by atoms with E-state index in [1.54, 1.807) is 0 Å². The van der Waals surface area contributed by atoms with Crippen molar-refractivity contribution in [3.8, 4) is 0 Å². The zero-order valence-corrected chi connectivity index (χ0v) is 6.89. The Kier molecular flexibility index (Phi) is 2.68. The third-order valence-corrected chi connectivity index (χ3v) is 1.80. The number of hydrogen-bond donors (Lipinski definition) is 4. The average Bonchev–Trinajstić information content (AvgIpc) is 2.11. The van der Waals surface area contributed by atoms with Crippen LogP contribution in [0.25, 0.3) is 0 Å². The van der Waals surface area contributed by atoms with Crippen molar-refractivity contribution < 1.29 is 39.4 Å². The van der Waals surface area contributed by atoms with Gasteiger partial charge in [-0.3, -0.25) is 0 Å². The fraction of sp³-hybridized carbons (Fsp3) is 1.00. The van der Waals surface area contributed by atoms with Crippen LogP contribution in [0.5, 0.6) is 0 Å². The first-order valence-corrected chi connectivity index (χ1v) is 3.92. The van der Waals surface area contributed by atoms with Crippen molar-refractivity contribution in [2.45, 2.75) is 37.7 Å². The Hall–Kier alpha value is -0.320. The Morgan fingerprint density at radius 1 is 0.500 bits per heavy atom. The monoisotopic (exact) mass is 210 g/mol. The molecule has 2 saturated heterocycles. The van der Waals surface area contributed by atoms with Crippen molar-refractivity contribution in [1.82, 2.24) is 0 Å². The van der Waals surface area contributed by atoms with E-state index in [9.17, 15) is 0 Å². The first-order valence-electron chi connectivity index (χ1n) is 3.92. The van der Waals surface area contributed by atoms with Gasteiger partial charge in [-0.15, -0.1) is 0 Å². The van der Waals surface area contributed by atoms with Gasteiger partial charge in [0.15, 0.2) is 0 Å². The molecule has 0 aromatic heterocycles. The Morgan fingerprint density at radius 3 is 0.929 bits per heavy atom. The van der Waals surface area contributed by atoms with Crippen molar-refractivity contribution in [3.63, 3.8) is 0 Å². The van der Waals surface area contributed by atoms with Crippen molar-refractivity contribution in [3.05, 3.63) is 0 Å². The predicted molar refractivity (Wildman–Crippen MR) is 35.9 cm³/mol. The van der Waals surface area contributed by atoms with Gasteiger partial charge < -0.3 is 39.4 Å². The molecule has 8 heteroatoms. The molecule has 2 rings (SSSR count). The minimum absolute atomic E-state index is 1.19. The highest BCUT2D eigenvalue weighted by Crippen LogP contribution is 2.26. The van der Waals surface area contributed by atoms with Gasteiger partial charge in [0.1, 0.15) is 0 Å². The predicted octanol–water partition coefficient (Wildman–Crippen LogP) is -2.99. The number of ether oxygens (including phenoxy) is 4. The zero-order chi connectivity index (χ0) is 10.3. The van der Waals surface area contributed by atoms with Gasteiger partial charge in [0, 0.05) is 0 Å². The summed E-state index contributed by atoms with van der Waals surface area (Å²) in [5, 5.41) is 36.0. The number of rotatable bonds is 0. The molecule has 2 heterocycles. The smallest absolute Gasteiger partial charge is 0.215 e. The number of aliphatic hydroxyl groups excluding tert-OH is 4. The van der Waals surface area contributed by atoms with E-state index in [4.69, 9.17) is 20.4 Å². The Morgan fingerprint density at radius 2 is 0.714 bits per heavy atom. The topological polar surface area (TPSA) is 118 Å². The zero-order valence-electron chi connectivity index (χ0n) is 6.89. The van der Waals surface area contributed by atoms with Crippen LogP contribution in [0.3, 0.4) is 0 Å². The standard InChI is InChI=1S/C6H10O8/c7-1-2(8)12-6-5(11-1)13-3(9)4(10)14-6/h1-10H. The lowest BCUT2D eigenvalue weighted by Crippen LogP contribution is -2.58. The summed E-state index contributed by atoms with van der Waals surface area (Å²) in [4.78, 5) is 0. The quantitative estimate of drug-likeness (QED) is 0.334. The van der Waals surface area contributed by atoms with E-state index in [0.717, 1.165) is 0 Å². The summed E-state index contributed by atoms with van der Waals surface area (Å²) in [6.45, 7) is 0. The van der Waals surface area contributed by atoms with E-state index in [0.29, 0.717) is 0 Å². The van der Waals surface area contributed by atoms with Gasteiger partial charge in [-0.25, -0.2) is 0 Å². The lowest BCUT2D eigenvalue weighted by atomic mass is 10.4. The number of aliphatic hydroxyl groups is 4. The summed E-state index contributed by atoms with van der Waals surface area (Å²) in [6.07, 6.45) is -8.70. The Bertz CT molecular complexity index is 168. The van der Waals surface area contributed by atoms with Crippen LogP contribution in [0.1, 0.15) is 0 Å². The highest BCUT2D eigenvalue weighted by atomic mass is 16.9. The molecular formula is C6H10O8. The van der Waals surface area contributed by atoms with Gasteiger partial charge in [-0.2, -0.15) is 0 Å². The van der Waals surface area contributed by atoms with Crippen molar-refractivity contribution >= 4 is 0 Å². The lowest BCUT2D eigenvalue weighted by molar-refractivity contribution is -0.494. The number of fused-ring (bicyclic) bond motifs is 1. The second kappa shape index (κ2) is 3.68. The van der Waals surface area contributed by atoms with Crippen LogP contribution in [-0.2, 0) is 18.9 Å². The van der Waals surface area contributed by atoms with E-state index in [1.807, 2.05) is 0 Å². The molecule has 0 saturated carbocycles. The van der Waals surface area contributed by atoms with Gasteiger partial charge in [0.2, 0.25) is 37.7 Å². The molecule has 4 unspecified atom stereocenters. The highest BCUT2D eigenvalue weighted by Gasteiger charge is 2.45. The molecule has 0 radical (unpaired) electrons. The van der Waals surface area contributed by atoms with Crippen molar-refractivity contribution in [2.75, 3.05) is 0 Å². The number of hydrogen-bond acceptors (Lipinski definition) is 8. The molecule has 0 bridgehead atoms. The molecule has 0 aromatic carbocycles. The normalized spacial score (nSPS) is 54.0. The van der Waals surface area contributed by atoms with Crippen LogP contribution < -0.4 is 0 Å². The Balaban J connectivity index is 2.01. The largest absolute Gasteiger partial charge is 0.364 e. The summed E-state index contributed by atoms with van der Waals surface area (Å²) in [5.74, 6) is 0. The molecular weight excluding hydrogens is 200 g/mol. The third-order valence-electron chi connectivity index (χ3n) is 1.80. The molecule has 4 N–H and O–H groups in total. The second-order valence-electron chi connectivity index (χ2n) is 2.84. The first kappa shape index (κ1) is 10.2. The van der Waals surface area contributed by atoms with Gasteiger partial charge in [0.05, 0.1) is 0 Å². The van der Waals surface area contributed by atoms with E-state index < -0.39 is 37.7 Å². The molecule has 4 atom stereocenters. The maximum atomic E-state index is 8.99. The van der Waals surface area contributed by atoms with E-state index >= 15 is 0 Å². The molecule has 0 spiro atoms. The summed E-state index contributed by atoms with van der Waals surface area (Å²) in [5.41, 5.74) is 0. The molecule has 2 fully saturated rings. The molecule has 14 heavy (non-hydrogen) atoms. The molecule has 0 aliphatic carbocycles. The minimum atomic E-state index is -1.58.